The highest BCUT2D eigenvalue weighted by Crippen LogP contribution is 2.26. The van der Waals surface area contributed by atoms with Crippen molar-refractivity contribution in [3.8, 4) is 22.9 Å². The zero-order valence-corrected chi connectivity index (χ0v) is 16.5. The van der Waals surface area contributed by atoms with E-state index in [4.69, 9.17) is 14.5 Å². The van der Waals surface area contributed by atoms with Gasteiger partial charge in [-0.3, -0.25) is 14.0 Å². The molecule has 150 valence electrons. The van der Waals surface area contributed by atoms with Gasteiger partial charge >= 0.3 is 11.9 Å². The predicted octanol–water partition coefficient (Wildman–Crippen LogP) is 3.84. The second-order valence-electron chi connectivity index (χ2n) is 6.74. The number of ether oxygens (including phenoxy) is 2. The molecule has 0 saturated carbocycles. The minimum absolute atomic E-state index is 0.326. The SMILES string of the molecule is CC(=O)Oc1ccc(-c2cn3c(OC(C)=O)cnc3c(Cc3ccccc3)n2)cc1. The second kappa shape index (κ2) is 8.16. The van der Waals surface area contributed by atoms with Crippen LogP contribution in [0.15, 0.2) is 67.0 Å². The van der Waals surface area contributed by atoms with Crippen LogP contribution < -0.4 is 9.47 Å². The molecule has 0 radical (unpaired) electrons. The van der Waals surface area contributed by atoms with Gasteiger partial charge < -0.3 is 9.47 Å². The summed E-state index contributed by atoms with van der Waals surface area (Å²) in [5.41, 5.74) is 3.96. The van der Waals surface area contributed by atoms with Gasteiger partial charge in [0.2, 0.25) is 5.88 Å². The van der Waals surface area contributed by atoms with Crippen molar-refractivity contribution in [2.75, 3.05) is 0 Å². The number of carbonyl (C=O) groups excluding carboxylic acids is 2. The number of nitrogens with zero attached hydrogens (tertiary/aromatic N) is 3. The van der Waals surface area contributed by atoms with Crippen molar-refractivity contribution in [3.63, 3.8) is 0 Å². The lowest BCUT2D eigenvalue weighted by Crippen LogP contribution is -2.06. The van der Waals surface area contributed by atoms with Crippen LogP contribution in [0, 0.1) is 0 Å². The number of benzene rings is 2. The molecule has 0 spiro atoms. The summed E-state index contributed by atoms with van der Waals surface area (Å²) in [6.45, 7) is 2.70. The first-order valence-corrected chi connectivity index (χ1v) is 9.38. The van der Waals surface area contributed by atoms with Crippen LogP contribution in [-0.2, 0) is 16.0 Å². The zero-order chi connectivity index (χ0) is 21.1. The quantitative estimate of drug-likeness (QED) is 0.373. The standard InChI is InChI=1S/C23H19N3O4/c1-15(27)29-19-10-8-18(9-11-19)21-14-26-22(30-16(2)28)13-24-23(26)20(25-21)12-17-6-4-3-5-7-17/h3-11,13-14H,12H2,1-2H3. The van der Waals surface area contributed by atoms with E-state index in [2.05, 4.69) is 4.98 Å². The summed E-state index contributed by atoms with van der Waals surface area (Å²) in [7, 11) is 0. The Labute approximate surface area is 172 Å². The number of hydrogen-bond donors (Lipinski definition) is 0. The lowest BCUT2D eigenvalue weighted by Gasteiger charge is -2.10. The Balaban J connectivity index is 1.80. The van der Waals surface area contributed by atoms with E-state index >= 15 is 0 Å². The van der Waals surface area contributed by atoms with E-state index < -0.39 is 5.97 Å². The lowest BCUT2D eigenvalue weighted by atomic mass is 10.1. The summed E-state index contributed by atoms with van der Waals surface area (Å²) in [4.78, 5) is 31.9. The number of esters is 2. The van der Waals surface area contributed by atoms with Crippen molar-refractivity contribution in [2.45, 2.75) is 20.3 Å². The number of aromatic nitrogens is 3. The van der Waals surface area contributed by atoms with Crippen molar-refractivity contribution in [3.05, 3.63) is 78.2 Å². The predicted molar refractivity (Wildman–Crippen MR) is 110 cm³/mol. The highest BCUT2D eigenvalue weighted by atomic mass is 16.5. The molecule has 0 fully saturated rings. The molecule has 4 rings (SSSR count). The van der Waals surface area contributed by atoms with Gasteiger partial charge in [0, 0.05) is 32.0 Å². The first-order chi connectivity index (χ1) is 14.5. The summed E-state index contributed by atoms with van der Waals surface area (Å²) < 4.78 is 12.1. The molecule has 0 amide bonds. The molecule has 2 aromatic carbocycles. The van der Waals surface area contributed by atoms with Gasteiger partial charge in [0.1, 0.15) is 5.75 Å². The van der Waals surface area contributed by atoms with Crippen molar-refractivity contribution in [2.24, 2.45) is 0 Å². The molecular weight excluding hydrogens is 382 g/mol. The van der Waals surface area contributed by atoms with E-state index in [9.17, 15) is 9.59 Å². The van der Waals surface area contributed by atoms with E-state index in [1.54, 1.807) is 22.7 Å². The van der Waals surface area contributed by atoms with E-state index in [0.29, 0.717) is 29.4 Å². The smallest absolute Gasteiger partial charge is 0.309 e. The first-order valence-electron chi connectivity index (χ1n) is 9.38. The molecular formula is C23H19N3O4. The van der Waals surface area contributed by atoms with Gasteiger partial charge in [-0.1, -0.05) is 30.3 Å². The fraction of sp³-hybridized carbons (Fsp3) is 0.130. The van der Waals surface area contributed by atoms with Crippen LogP contribution in [0.3, 0.4) is 0 Å². The Hall–Kier alpha value is -4.00. The molecule has 7 heteroatoms. The van der Waals surface area contributed by atoms with Crippen LogP contribution in [0.4, 0.5) is 0 Å². The monoisotopic (exact) mass is 401 g/mol. The molecule has 0 atom stereocenters. The van der Waals surface area contributed by atoms with Gasteiger partial charge in [0.25, 0.3) is 0 Å². The van der Waals surface area contributed by atoms with Crippen LogP contribution in [0.2, 0.25) is 0 Å². The topological polar surface area (TPSA) is 82.8 Å². The van der Waals surface area contributed by atoms with E-state index in [1.165, 1.54) is 20.0 Å². The number of fused-ring (bicyclic) bond motifs is 1. The average Bonchev–Trinajstić information content (AvgIpc) is 3.11. The second-order valence-corrected chi connectivity index (χ2v) is 6.74. The van der Waals surface area contributed by atoms with Crippen molar-refractivity contribution < 1.29 is 19.1 Å². The maximum atomic E-state index is 11.5. The third-order valence-corrected chi connectivity index (χ3v) is 4.40. The molecule has 7 nitrogen and oxygen atoms in total. The zero-order valence-electron chi connectivity index (χ0n) is 16.5. The van der Waals surface area contributed by atoms with Gasteiger partial charge in [-0.25, -0.2) is 9.97 Å². The van der Waals surface area contributed by atoms with E-state index in [1.807, 2.05) is 42.5 Å². The Morgan fingerprint density at radius 1 is 0.933 bits per heavy atom. The molecule has 0 saturated heterocycles. The molecule has 4 aromatic rings. The normalized spacial score (nSPS) is 10.7. The first kappa shape index (κ1) is 19.3. The molecule has 0 unspecified atom stereocenters. The summed E-state index contributed by atoms with van der Waals surface area (Å²) >= 11 is 0. The van der Waals surface area contributed by atoms with Gasteiger partial charge in [-0.05, 0) is 29.8 Å². The number of hydrogen-bond acceptors (Lipinski definition) is 6. The van der Waals surface area contributed by atoms with Crippen LogP contribution in [0.25, 0.3) is 16.9 Å². The molecule has 0 N–H and O–H groups in total. The minimum atomic E-state index is -0.425. The summed E-state index contributed by atoms with van der Waals surface area (Å²) in [5.74, 6) is -0.0190. The van der Waals surface area contributed by atoms with Crippen LogP contribution in [0.1, 0.15) is 25.1 Å². The molecule has 0 bridgehead atoms. The fourth-order valence-electron chi connectivity index (χ4n) is 3.16. The molecule has 0 aliphatic rings. The fourth-order valence-corrected chi connectivity index (χ4v) is 3.16. The maximum absolute atomic E-state index is 11.5. The molecule has 2 heterocycles. The van der Waals surface area contributed by atoms with Crippen molar-refractivity contribution in [1.82, 2.24) is 14.4 Å². The molecule has 0 aliphatic heterocycles. The number of imidazole rings is 1. The van der Waals surface area contributed by atoms with E-state index in [-0.39, 0.29) is 5.97 Å². The largest absolute Gasteiger partial charge is 0.427 e. The molecule has 0 aliphatic carbocycles. The number of rotatable bonds is 5. The van der Waals surface area contributed by atoms with Gasteiger partial charge in [0.15, 0.2) is 5.65 Å². The average molecular weight is 401 g/mol. The van der Waals surface area contributed by atoms with Gasteiger partial charge in [0.05, 0.1) is 17.6 Å². The Morgan fingerprint density at radius 2 is 1.63 bits per heavy atom. The lowest BCUT2D eigenvalue weighted by molar-refractivity contribution is -0.133. The molecule has 30 heavy (non-hydrogen) atoms. The summed E-state index contributed by atoms with van der Waals surface area (Å²) in [6, 6.07) is 17.0. The van der Waals surface area contributed by atoms with Crippen molar-refractivity contribution in [1.29, 1.82) is 0 Å². The summed E-state index contributed by atoms with van der Waals surface area (Å²) in [6.07, 6.45) is 3.86. The third-order valence-electron chi connectivity index (χ3n) is 4.40. The van der Waals surface area contributed by atoms with Crippen LogP contribution >= 0.6 is 0 Å². The summed E-state index contributed by atoms with van der Waals surface area (Å²) in [5, 5.41) is 0. The van der Waals surface area contributed by atoms with Crippen molar-refractivity contribution >= 4 is 17.6 Å². The Kier molecular flexibility index (Phi) is 5.26. The Bertz CT molecular complexity index is 1210. The highest BCUT2D eigenvalue weighted by Gasteiger charge is 2.15. The van der Waals surface area contributed by atoms with Gasteiger partial charge in [-0.2, -0.15) is 0 Å². The molecule has 2 aromatic heterocycles. The maximum Gasteiger partial charge on any atom is 0.309 e. The number of carbonyl (C=O) groups is 2. The highest BCUT2D eigenvalue weighted by molar-refractivity contribution is 5.71. The third kappa shape index (κ3) is 4.20. The van der Waals surface area contributed by atoms with Gasteiger partial charge in [-0.15, -0.1) is 0 Å². The van der Waals surface area contributed by atoms with E-state index in [0.717, 1.165) is 16.8 Å². The van der Waals surface area contributed by atoms with Crippen LogP contribution in [-0.4, -0.2) is 26.3 Å². The Morgan fingerprint density at radius 3 is 2.30 bits per heavy atom. The minimum Gasteiger partial charge on any atom is -0.427 e. The van der Waals surface area contributed by atoms with Crippen LogP contribution in [0.5, 0.6) is 11.6 Å².